The van der Waals surface area contributed by atoms with E-state index in [9.17, 15) is 9.59 Å². The lowest BCUT2D eigenvalue weighted by Gasteiger charge is -2.29. The van der Waals surface area contributed by atoms with Gasteiger partial charge in [0.15, 0.2) is 0 Å². The highest BCUT2D eigenvalue weighted by atomic mass is 16.2. The molecule has 0 atom stereocenters. The Hall–Kier alpha value is -2.36. The Morgan fingerprint density at radius 1 is 1.18 bits per heavy atom. The first kappa shape index (κ1) is 14.6. The van der Waals surface area contributed by atoms with Crippen molar-refractivity contribution >= 4 is 11.6 Å². The number of nitrogens with zero attached hydrogens (tertiary/aromatic N) is 2. The van der Waals surface area contributed by atoms with Crippen LogP contribution < -0.4 is 10.5 Å². The second kappa shape index (κ2) is 5.44. The summed E-state index contributed by atoms with van der Waals surface area (Å²) in [6, 6.07) is 9.83. The first-order valence-corrected chi connectivity index (χ1v) is 7.57. The second-order valence-electron chi connectivity index (χ2n) is 5.90. The number of rotatable bonds is 1. The van der Waals surface area contributed by atoms with Crippen molar-refractivity contribution in [1.29, 1.82) is 0 Å². The van der Waals surface area contributed by atoms with Crippen LogP contribution in [0.1, 0.15) is 33.6 Å². The SMILES string of the molecule is Cc1cc(C)n(C)c(=O)c1C(=O)N1CCCc2ccccc21. The third kappa shape index (κ3) is 2.25. The number of hydrogen-bond donors (Lipinski definition) is 0. The van der Waals surface area contributed by atoms with Gasteiger partial charge in [-0.15, -0.1) is 0 Å². The van der Waals surface area contributed by atoms with Crippen molar-refractivity contribution in [3.63, 3.8) is 0 Å². The predicted octanol–water partition coefficient (Wildman–Crippen LogP) is 2.60. The molecule has 0 N–H and O–H groups in total. The lowest BCUT2D eigenvalue weighted by molar-refractivity contribution is 0.0982. The number of aryl methyl sites for hydroxylation is 3. The molecule has 3 rings (SSSR count). The van der Waals surface area contributed by atoms with Gasteiger partial charge in [0, 0.05) is 25.0 Å². The number of benzene rings is 1. The average Bonchev–Trinajstić information content (AvgIpc) is 2.52. The van der Waals surface area contributed by atoms with Crippen LogP contribution in [-0.4, -0.2) is 17.0 Å². The number of para-hydroxylation sites is 1. The summed E-state index contributed by atoms with van der Waals surface area (Å²) in [5, 5.41) is 0. The van der Waals surface area contributed by atoms with Crippen molar-refractivity contribution in [2.45, 2.75) is 26.7 Å². The summed E-state index contributed by atoms with van der Waals surface area (Å²) in [6.45, 7) is 4.36. The Morgan fingerprint density at radius 3 is 2.68 bits per heavy atom. The molecule has 0 unspecified atom stereocenters. The molecule has 1 aliphatic heterocycles. The number of carbonyl (C=O) groups is 1. The van der Waals surface area contributed by atoms with Crippen LogP contribution in [0.5, 0.6) is 0 Å². The number of hydrogen-bond acceptors (Lipinski definition) is 2. The maximum absolute atomic E-state index is 13.0. The molecule has 4 heteroatoms. The van der Waals surface area contributed by atoms with E-state index in [1.54, 1.807) is 11.9 Å². The molecule has 22 heavy (non-hydrogen) atoms. The van der Waals surface area contributed by atoms with E-state index in [2.05, 4.69) is 6.07 Å². The van der Waals surface area contributed by atoms with E-state index in [1.165, 1.54) is 10.1 Å². The lowest BCUT2D eigenvalue weighted by atomic mass is 10.00. The third-order valence-corrected chi connectivity index (χ3v) is 4.44. The van der Waals surface area contributed by atoms with Gasteiger partial charge in [-0.3, -0.25) is 9.59 Å². The number of anilines is 1. The minimum atomic E-state index is -0.217. The van der Waals surface area contributed by atoms with Crippen molar-refractivity contribution < 1.29 is 4.79 Å². The first-order valence-electron chi connectivity index (χ1n) is 7.57. The zero-order valence-corrected chi connectivity index (χ0v) is 13.2. The average molecular weight is 296 g/mol. The van der Waals surface area contributed by atoms with E-state index in [-0.39, 0.29) is 17.0 Å². The molecule has 1 aliphatic rings. The lowest BCUT2D eigenvalue weighted by Crippen LogP contribution is -2.40. The van der Waals surface area contributed by atoms with Crippen LogP contribution in [0.4, 0.5) is 5.69 Å². The van der Waals surface area contributed by atoms with Gasteiger partial charge in [0.25, 0.3) is 11.5 Å². The Balaban J connectivity index is 2.11. The van der Waals surface area contributed by atoms with E-state index < -0.39 is 0 Å². The molecule has 4 nitrogen and oxygen atoms in total. The maximum Gasteiger partial charge on any atom is 0.264 e. The molecule has 1 amide bonds. The van der Waals surface area contributed by atoms with E-state index in [4.69, 9.17) is 0 Å². The van der Waals surface area contributed by atoms with Crippen molar-refractivity contribution in [3.8, 4) is 0 Å². The van der Waals surface area contributed by atoms with Gasteiger partial charge in [0.05, 0.1) is 0 Å². The summed E-state index contributed by atoms with van der Waals surface area (Å²) in [5.41, 5.74) is 3.77. The largest absolute Gasteiger partial charge is 0.315 e. The molecular formula is C18H20N2O2. The van der Waals surface area contributed by atoms with E-state index >= 15 is 0 Å². The molecule has 0 radical (unpaired) electrons. The van der Waals surface area contributed by atoms with Gasteiger partial charge in [0.1, 0.15) is 5.56 Å². The van der Waals surface area contributed by atoms with Crippen molar-refractivity contribution in [2.75, 3.05) is 11.4 Å². The fourth-order valence-corrected chi connectivity index (χ4v) is 3.12. The van der Waals surface area contributed by atoms with Gasteiger partial charge >= 0.3 is 0 Å². The highest BCUT2D eigenvalue weighted by Crippen LogP contribution is 2.28. The van der Waals surface area contributed by atoms with Gasteiger partial charge in [-0.2, -0.15) is 0 Å². The molecule has 2 aromatic rings. The van der Waals surface area contributed by atoms with Gasteiger partial charge in [0.2, 0.25) is 0 Å². The molecule has 2 heterocycles. The Bertz CT molecular complexity index is 805. The number of fused-ring (bicyclic) bond motifs is 1. The monoisotopic (exact) mass is 296 g/mol. The molecule has 1 aromatic heterocycles. The minimum Gasteiger partial charge on any atom is -0.315 e. The quantitative estimate of drug-likeness (QED) is 0.812. The summed E-state index contributed by atoms with van der Waals surface area (Å²) >= 11 is 0. The zero-order chi connectivity index (χ0) is 15.9. The fourth-order valence-electron chi connectivity index (χ4n) is 3.12. The van der Waals surface area contributed by atoms with Crippen LogP contribution in [0, 0.1) is 13.8 Å². The maximum atomic E-state index is 13.0. The molecule has 114 valence electrons. The molecule has 0 saturated heterocycles. The Kier molecular flexibility index (Phi) is 3.61. The van der Waals surface area contributed by atoms with E-state index in [1.807, 2.05) is 38.1 Å². The fraction of sp³-hybridized carbons (Fsp3) is 0.333. The van der Waals surface area contributed by atoms with Gasteiger partial charge < -0.3 is 9.47 Å². The Labute approximate surface area is 130 Å². The van der Waals surface area contributed by atoms with E-state index in [0.717, 1.165) is 29.8 Å². The summed E-state index contributed by atoms with van der Waals surface area (Å²) < 4.78 is 1.54. The van der Waals surface area contributed by atoms with Gasteiger partial charge in [-0.05, 0) is 49.9 Å². The minimum absolute atomic E-state index is 0.190. The summed E-state index contributed by atoms with van der Waals surface area (Å²) in [6.07, 6.45) is 1.90. The zero-order valence-electron chi connectivity index (χ0n) is 13.2. The normalized spacial score (nSPS) is 13.9. The number of pyridine rings is 1. The van der Waals surface area contributed by atoms with Gasteiger partial charge in [-0.25, -0.2) is 0 Å². The first-order chi connectivity index (χ1) is 10.5. The van der Waals surface area contributed by atoms with E-state index in [0.29, 0.717) is 6.54 Å². The number of aromatic nitrogens is 1. The molecule has 0 aliphatic carbocycles. The topological polar surface area (TPSA) is 42.3 Å². The molecule has 1 aromatic carbocycles. The second-order valence-corrected chi connectivity index (χ2v) is 5.90. The van der Waals surface area contributed by atoms with Crippen LogP contribution >= 0.6 is 0 Å². The summed E-state index contributed by atoms with van der Waals surface area (Å²) in [5.74, 6) is -0.190. The van der Waals surface area contributed by atoms with Crippen LogP contribution in [0.15, 0.2) is 35.1 Å². The highest BCUT2D eigenvalue weighted by molar-refractivity contribution is 6.07. The highest BCUT2D eigenvalue weighted by Gasteiger charge is 2.26. The number of amides is 1. The molecule has 0 bridgehead atoms. The van der Waals surface area contributed by atoms with Crippen molar-refractivity contribution in [3.05, 3.63) is 63.1 Å². The summed E-state index contributed by atoms with van der Waals surface area (Å²) in [4.78, 5) is 27.3. The number of carbonyl (C=O) groups excluding carboxylic acids is 1. The summed E-state index contributed by atoms with van der Waals surface area (Å²) in [7, 11) is 1.71. The van der Waals surface area contributed by atoms with Crippen LogP contribution in [0.2, 0.25) is 0 Å². The molecule has 0 spiro atoms. The molecular weight excluding hydrogens is 276 g/mol. The van der Waals surface area contributed by atoms with Crippen LogP contribution in [0.3, 0.4) is 0 Å². The third-order valence-electron chi connectivity index (χ3n) is 4.44. The van der Waals surface area contributed by atoms with Crippen LogP contribution in [0.25, 0.3) is 0 Å². The van der Waals surface area contributed by atoms with Gasteiger partial charge in [-0.1, -0.05) is 18.2 Å². The standard InChI is InChI=1S/C18H20N2O2/c1-12-11-13(2)19(3)17(21)16(12)18(22)20-10-6-8-14-7-4-5-9-15(14)20/h4-5,7,9,11H,6,8,10H2,1-3H3. The Morgan fingerprint density at radius 2 is 1.91 bits per heavy atom. The predicted molar refractivity (Wildman–Crippen MR) is 87.6 cm³/mol. The molecule has 0 fully saturated rings. The molecule has 0 saturated carbocycles. The van der Waals surface area contributed by atoms with Crippen molar-refractivity contribution in [2.24, 2.45) is 7.05 Å². The van der Waals surface area contributed by atoms with Crippen LogP contribution in [-0.2, 0) is 13.5 Å². The smallest absolute Gasteiger partial charge is 0.264 e. The van der Waals surface area contributed by atoms with Crippen molar-refractivity contribution in [1.82, 2.24) is 4.57 Å².